The average molecular weight is 828 g/mol. The Balaban J connectivity index is 1.45. The van der Waals surface area contributed by atoms with Gasteiger partial charge in [-0.15, -0.1) is 14.5 Å². The number of nitrogens with zero attached hydrogens (tertiary/aromatic N) is 6. The summed E-state index contributed by atoms with van der Waals surface area (Å²) in [6, 6.07) is -2.26. The minimum absolute atomic E-state index is 0.0512. The molecule has 1 aromatic rings. The number of piperidine rings is 1. The zero-order valence-corrected chi connectivity index (χ0v) is 36.8. The molecule has 4 amide bonds. The van der Waals surface area contributed by atoms with Crippen molar-refractivity contribution in [1.82, 2.24) is 35.4 Å². The smallest absolute Gasteiger partial charge is 0.437 e. The van der Waals surface area contributed by atoms with Crippen molar-refractivity contribution in [3.8, 4) is 0 Å². The van der Waals surface area contributed by atoms with Crippen molar-refractivity contribution in [3.05, 3.63) is 11.8 Å². The van der Waals surface area contributed by atoms with Crippen molar-refractivity contribution in [2.24, 2.45) is 0 Å². The van der Waals surface area contributed by atoms with Gasteiger partial charge in [0.2, 0.25) is 11.8 Å². The van der Waals surface area contributed by atoms with Gasteiger partial charge in [0.25, 0.3) is 0 Å². The number of rotatable bonds is 21. The number of fused-ring (bicyclic) bond motifs is 2. The number of alkyl carbamates (subject to hydrolysis) is 1. The van der Waals surface area contributed by atoms with Crippen LogP contribution in [-0.4, -0.2) is 105 Å². The molecule has 1 aromatic heterocycles. The van der Waals surface area contributed by atoms with Gasteiger partial charge in [0.15, 0.2) is 0 Å². The van der Waals surface area contributed by atoms with E-state index in [9.17, 15) is 22.8 Å². The summed E-state index contributed by atoms with van der Waals surface area (Å²) in [5, 5.41) is 13.9. The van der Waals surface area contributed by atoms with Gasteiger partial charge in [-0.3, -0.25) is 4.90 Å². The Hall–Kier alpha value is -3.22. The lowest BCUT2D eigenvalue weighted by atomic mass is 9.82. The van der Waals surface area contributed by atoms with Crippen LogP contribution in [0.15, 0.2) is 4.42 Å². The topological polar surface area (TPSA) is 186 Å². The van der Waals surface area contributed by atoms with E-state index in [2.05, 4.69) is 43.2 Å². The lowest BCUT2D eigenvalue weighted by molar-refractivity contribution is -0.172. The Bertz CT molecular complexity index is 1580. The monoisotopic (exact) mass is 827 g/mol. The summed E-state index contributed by atoms with van der Waals surface area (Å²) in [5.74, 6) is 0.313. The molecule has 0 aromatic carbocycles. The first-order valence-electron chi connectivity index (χ1n) is 21.1. The molecule has 2 atom stereocenters. The number of hydrogen-bond acceptors (Lipinski definition) is 13. The zero-order valence-electron chi connectivity index (χ0n) is 36.0. The average Bonchev–Trinajstić information content (AvgIpc) is 3.65. The normalized spacial score (nSPS) is 21.5. The first-order valence-corrected chi connectivity index (χ1v) is 22.4. The van der Waals surface area contributed by atoms with Gasteiger partial charge < -0.3 is 24.1 Å². The summed E-state index contributed by atoms with van der Waals surface area (Å²) in [6.45, 7) is 19.7. The number of carbonyl (C=O) groups excluding carboxylic acids is 3. The van der Waals surface area contributed by atoms with Crippen LogP contribution in [-0.2, 0) is 35.0 Å². The fourth-order valence-electron chi connectivity index (χ4n) is 7.80. The number of nitrogens with one attached hydrogen (secondary N) is 1. The summed E-state index contributed by atoms with van der Waals surface area (Å²) in [6.07, 6.45) is 9.37. The molecular formula is C39H69N7O10S. The van der Waals surface area contributed by atoms with E-state index in [0.717, 1.165) is 69.3 Å². The molecule has 0 radical (unpaired) electrons. The van der Waals surface area contributed by atoms with Crippen molar-refractivity contribution >= 4 is 28.6 Å². The second-order valence-electron chi connectivity index (χ2n) is 17.8. The highest BCUT2D eigenvalue weighted by atomic mass is 32.3. The molecule has 1 aliphatic carbocycles. The maximum atomic E-state index is 13.8. The molecular weight excluding hydrogens is 759 g/mol. The highest BCUT2D eigenvalue weighted by Crippen LogP contribution is 2.40. The van der Waals surface area contributed by atoms with Gasteiger partial charge in [0.1, 0.15) is 23.8 Å². The van der Waals surface area contributed by atoms with Crippen LogP contribution in [0.3, 0.4) is 0 Å². The molecule has 326 valence electrons. The molecule has 1 saturated carbocycles. The van der Waals surface area contributed by atoms with E-state index < -0.39 is 57.4 Å². The largest absolute Gasteiger partial charge is 0.444 e. The number of aromatic nitrogens is 2. The SMILES string of the molecule is CCCCN(OS(=O)(=O)ON1C(=O)N2C[C@@H]1CC[C@H]2c1nnc(CN(C(=O)OC(C)(C)C)C2CC(NC(=O)OC(C)(C)C)C2)o1)C(CCC)(CCCC)CCCC. The molecule has 2 aliphatic heterocycles. The Morgan fingerprint density at radius 1 is 0.877 bits per heavy atom. The van der Waals surface area contributed by atoms with Gasteiger partial charge in [-0.2, -0.15) is 22.8 Å². The number of amides is 4. The molecule has 2 saturated heterocycles. The van der Waals surface area contributed by atoms with Crippen LogP contribution in [0.4, 0.5) is 14.4 Å². The van der Waals surface area contributed by atoms with Crippen molar-refractivity contribution in [1.29, 1.82) is 0 Å². The predicted octanol–water partition coefficient (Wildman–Crippen LogP) is 7.93. The van der Waals surface area contributed by atoms with Crippen molar-refractivity contribution in [2.75, 3.05) is 13.1 Å². The molecule has 3 fully saturated rings. The fraction of sp³-hybridized carbons (Fsp3) is 0.872. The molecule has 1 N–H and O–H groups in total. The number of ether oxygens (including phenoxy) is 2. The summed E-state index contributed by atoms with van der Waals surface area (Å²) in [4.78, 5) is 42.5. The third-order valence-electron chi connectivity index (χ3n) is 10.6. The Kier molecular flexibility index (Phi) is 16.1. The van der Waals surface area contributed by atoms with E-state index in [-0.39, 0.29) is 37.0 Å². The Morgan fingerprint density at radius 2 is 1.51 bits per heavy atom. The summed E-state index contributed by atoms with van der Waals surface area (Å²) in [5.41, 5.74) is -1.87. The number of carbonyl (C=O) groups is 3. The van der Waals surface area contributed by atoms with Crippen molar-refractivity contribution < 1.29 is 45.3 Å². The van der Waals surface area contributed by atoms with Crippen LogP contribution < -0.4 is 5.32 Å². The standard InChI is InChI=1S/C39H69N7O10S/c1-11-15-21-39(20-14-4,22-16-12-2)45(23-17-13-3)55-57(50,51)56-46-29-18-19-31(44(26-29)35(46)48)33-42-41-32(52-33)27-43(36(49)54-38(8,9)10)30-24-28(25-30)40-34(47)53-37(5,6)7/h28-31H,11-27H2,1-10H3,(H,40,47)/t28?,29-,30?,31-/m0/s1. The van der Waals surface area contributed by atoms with Crippen LogP contribution in [0, 0.1) is 0 Å². The zero-order chi connectivity index (χ0) is 42.2. The van der Waals surface area contributed by atoms with Gasteiger partial charge in [-0.05, 0) is 92.9 Å². The lowest BCUT2D eigenvalue weighted by Crippen LogP contribution is -2.56. The Morgan fingerprint density at radius 3 is 2.09 bits per heavy atom. The molecule has 3 heterocycles. The molecule has 0 unspecified atom stereocenters. The molecule has 17 nitrogen and oxygen atoms in total. The number of unbranched alkanes of at least 4 members (excludes halogenated alkanes) is 3. The van der Waals surface area contributed by atoms with Crippen LogP contribution >= 0.6 is 0 Å². The van der Waals surface area contributed by atoms with Gasteiger partial charge in [0, 0.05) is 30.7 Å². The highest BCUT2D eigenvalue weighted by Gasteiger charge is 2.50. The van der Waals surface area contributed by atoms with E-state index >= 15 is 0 Å². The predicted molar refractivity (Wildman–Crippen MR) is 211 cm³/mol. The molecule has 0 spiro atoms. The molecule has 4 rings (SSSR count). The number of urea groups is 1. The third kappa shape index (κ3) is 12.9. The van der Waals surface area contributed by atoms with Crippen LogP contribution in [0.5, 0.6) is 0 Å². The van der Waals surface area contributed by atoms with Gasteiger partial charge in [0.05, 0.1) is 6.04 Å². The van der Waals surface area contributed by atoms with E-state index in [1.165, 1.54) is 9.80 Å². The van der Waals surface area contributed by atoms with Crippen LogP contribution in [0.1, 0.15) is 177 Å². The number of hydroxylamine groups is 4. The van der Waals surface area contributed by atoms with E-state index in [0.29, 0.717) is 32.2 Å². The highest BCUT2D eigenvalue weighted by molar-refractivity contribution is 7.81. The van der Waals surface area contributed by atoms with Crippen LogP contribution in [0.2, 0.25) is 0 Å². The summed E-state index contributed by atoms with van der Waals surface area (Å²) in [7, 11) is -4.68. The maximum absolute atomic E-state index is 13.8. The summed E-state index contributed by atoms with van der Waals surface area (Å²) < 4.78 is 55.9. The fourth-order valence-corrected chi connectivity index (χ4v) is 8.66. The third-order valence-corrected chi connectivity index (χ3v) is 11.3. The quantitative estimate of drug-likeness (QED) is 0.118. The summed E-state index contributed by atoms with van der Waals surface area (Å²) >= 11 is 0. The molecule has 3 aliphatic rings. The first kappa shape index (κ1) is 46.5. The molecule has 2 bridgehead atoms. The van der Waals surface area contributed by atoms with Gasteiger partial charge in [-0.1, -0.05) is 66.2 Å². The van der Waals surface area contributed by atoms with Crippen LogP contribution in [0.25, 0.3) is 0 Å². The van der Waals surface area contributed by atoms with E-state index in [1.54, 1.807) is 46.6 Å². The minimum atomic E-state index is -4.68. The second kappa shape index (κ2) is 19.7. The van der Waals surface area contributed by atoms with E-state index in [4.69, 9.17) is 22.5 Å². The van der Waals surface area contributed by atoms with Crippen molar-refractivity contribution in [3.63, 3.8) is 0 Å². The van der Waals surface area contributed by atoms with Crippen molar-refractivity contribution in [2.45, 2.75) is 207 Å². The minimum Gasteiger partial charge on any atom is -0.444 e. The molecule has 57 heavy (non-hydrogen) atoms. The second-order valence-corrected chi connectivity index (χ2v) is 18.9. The maximum Gasteiger partial charge on any atom is 0.437 e. The van der Waals surface area contributed by atoms with E-state index in [1.807, 2.05) is 0 Å². The van der Waals surface area contributed by atoms with Gasteiger partial charge in [-0.25, -0.2) is 14.4 Å². The number of hydrogen-bond donors (Lipinski definition) is 1. The van der Waals surface area contributed by atoms with Gasteiger partial charge >= 0.3 is 28.6 Å². The first-order chi connectivity index (χ1) is 26.7. The Labute approximate surface area is 340 Å². The lowest BCUT2D eigenvalue weighted by Gasteiger charge is -2.43. The molecule has 18 heteroatoms.